The molecule has 0 aliphatic heterocycles. The smallest absolute Gasteiger partial charge is 0.268 e. The lowest BCUT2D eigenvalue weighted by molar-refractivity contribution is 0.943. The summed E-state index contributed by atoms with van der Waals surface area (Å²) in [6.07, 6.45) is 0. The van der Waals surface area contributed by atoms with Gasteiger partial charge in [0.15, 0.2) is 4.77 Å². The second kappa shape index (κ2) is 6.34. The molecule has 0 spiro atoms. The number of aromatic nitrogens is 2. The molecule has 26 heavy (non-hydrogen) atoms. The predicted molar refractivity (Wildman–Crippen MR) is 112 cm³/mol. The van der Waals surface area contributed by atoms with Crippen molar-refractivity contribution in [3.63, 3.8) is 0 Å². The number of para-hydroxylation sites is 1. The number of benzene rings is 2. The van der Waals surface area contributed by atoms with Crippen molar-refractivity contribution in [3.05, 3.63) is 79.7 Å². The summed E-state index contributed by atoms with van der Waals surface area (Å²) in [6.45, 7) is 6.24. The molecule has 0 amide bonds. The number of nitrogens with one attached hydrogen (secondary N) is 1. The molecule has 0 unspecified atom stereocenters. The molecule has 4 rings (SSSR count). The van der Waals surface area contributed by atoms with Crippen LogP contribution >= 0.6 is 23.6 Å². The summed E-state index contributed by atoms with van der Waals surface area (Å²) in [7, 11) is 0. The lowest BCUT2D eigenvalue weighted by Gasteiger charge is -2.09. The highest BCUT2D eigenvalue weighted by Gasteiger charge is 2.18. The molecule has 0 aliphatic carbocycles. The monoisotopic (exact) mass is 378 g/mol. The molecule has 0 saturated heterocycles. The fourth-order valence-corrected chi connectivity index (χ4v) is 4.67. The van der Waals surface area contributed by atoms with Gasteiger partial charge in [0.1, 0.15) is 4.83 Å². The van der Waals surface area contributed by atoms with Crippen LogP contribution in [0.25, 0.3) is 27.0 Å². The Bertz CT molecular complexity index is 1250. The first-order valence-electron chi connectivity index (χ1n) is 8.39. The Labute approximate surface area is 160 Å². The van der Waals surface area contributed by atoms with Crippen molar-refractivity contribution >= 4 is 33.8 Å². The van der Waals surface area contributed by atoms with E-state index in [1.165, 1.54) is 11.1 Å². The van der Waals surface area contributed by atoms with E-state index in [0.29, 0.717) is 10.2 Å². The zero-order chi connectivity index (χ0) is 18.4. The van der Waals surface area contributed by atoms with E-state index in [1.54, 1.807) is 15.9 Å². The minimum atomic E-state index is -0.0764. The summed E-state index contributed by atoms with van der Waals surface area (Å²) in [5.74, 6) is 0. The van der Waals surface area contributed by atoms with Gasteiger partial charge in [-0.3, -0.25) is 9.36 Å². The first-order chi connectivity index (χ1) is 12.5. The molecule has 0 aliphatic rings. The van der Waals surface area contributed by atoms with Gasteiger partial charge in [-0.1, -0.05) is 36.4 Å². The van der Waals surface area contributed by atoms with Crippen LogP contribution < -0.4 is 5.56 Å². The van der Waals surface area contributed by atoms with E-state index in [1.807, 2.05) is 30.3 Å². The molecule has 2 aromatic heterocycles. The third-order valence-corrected chi connectivity index (χ3v) is 6.04. The number of hydrogen-bond donors (Lipinski definition) is 1. The maximum Gasteiger partial charge on any atom is 0.268 e. The molecule has 0 fully saturated rings. The topological polar surface area (TPSA) is 37.8 Å². The van der Waals surface area contributed by atoms with Gasteiger partial charge in [0.05, 0.1) is 11.1 Å². The van der Waals surface area contributed by atoms with E-state index in [0.717, 1.165) is 26.5 Å². The van der Waals surface area contributed by atoms with E-state index in [-0.39, 0.29) is 5.56 Å². The van der Waals surface area contributed by atoms with Gasteiger partial charge in [0.2, 0.25) is 0 Å². The van der Waals surface area contributed by atoms with Crippen LogP contribution in [0.15, 0.2) is 53.3 Å². The lowest BCUT2D eigenvalue weighted by Crippen LogP contribution is -2.20. The standard InChI is InChI=1S/C21H18N2OS2/c1-12-9-10-15(11-13(12)2)17-14(3)26-19-18(17)20(24)23(21(25)22-19)16-7-5-4-6-8-16/h4-11H,1-3H3,(H,22,25). The van der Waals surface area contributed by atoms with Crippen LogP contribution in [-0.2, 0) is 0 Å². The van der Waals surface area contributed by atoms with Crippen molar-refractivity contribution in [2.45, 2.75) is 20.8 Å². The van der Waals surface area contributed by atoms with Crippen molar-refractivity contribution in [1.29, 1.82) is 0 Å². The average molecular weight is 379 g/mol. The molecule has 1 N–H and O–H groups in total. The Morgan fingerprint density at radius 1 is 1.00 bits per heavy atom. The van der Waals surface area contributed by atoms with Crippen LogP contribution in [0.4, 0.5) is 0 Å². The van der Waals surface area contributed by atoms with Crippen molar-refractivity contribution in [2.75, 3.05) is 0 Å². The highest BCUT2D eigenvalue weighted by atomic mass is 32.1. The van der Waals surface area contributed by atoms with Gasteiger partial charge in [0.25, 0.3) is 5.56 Å². The predicted octanol–water partition coefficient (Wildman–Crippen LogP) is 5.70. The number of hydrogen-bond acceptors (Lipinski definition) is 3. The van der Waals surface area contributed by atoms with Gasteiger partial charge < -0.3 is 4.98 Å². The summed E-state index contributed by atoms with van der Waals surface area (Å²) in [5, 5.41) is 0.702. The highest BCUT2D eigenvalue weighted by molar-refractivity contribution is 7.71. The highest BCUT2D eigenvalue weighted by Crippen LogP contribution is 2.36. The normalized spacial score (nSPS) is 11.2. The molecule has 5 heteroatoms. The maximum absolute atomic E-state index is 13.4. The fraction of sp³-hybridized carbons (Fsp3) is 0.143. The molecule has 4 aromatic rings. The van der Waals surface area contributed by atoms with Gasteiger partial charge in [-0.2, -0.15) is 0 Å². The van der Waals surface area contributed by atoms with Gasteiger partial charge in [-0.15, -0.1) is 11.3 Å². The van der Waals surface area contributed by atoms with E-state index in [9.17, 15) is 4.79 Å². The SMILES string of the molecule is Cc1ccc(-c2c(C)sc3[nH]c(=S)n(-c4ccccc4)c(=O)c23)cc1C. The first-order valence-corrected chi connectivity index (χ1v) is 9.61. The number of H-pyrrole nitrogens is 1. The molecular weight excluding hydrogens is 360 g/mol. The van der Waals surface area contributed by atoms with Crippen LogP contribution in [0.2, 0.25) is 0 Å². The Hall–Kier alpha value is -2.50. The molecule has 0 atom stereocenters. The minimum Gasteiger partial charge on any atom is -0.323 e. The number of nitrogens with zero attached hydrogens (tertiary/aromatic N) is 1. The van der Waals surface area contributed by atoms with Crippen molar-refractivity contribution in [1.82, 2.24) is 9.55 Å². The third kappa shape index (κ3) is 2.64. The van der Waals surface area contributed by atoms with Crippen molar-refractivity contribution < 1.29 is 0 Å². The van der Waals surface area contributed by atoms with E-state index < -0.39 is 0 Å². The molecular formula is C21H18N2OS2. The number of aryl methyl sites for hydroxylation is 3. The van der Waals surface area contributed by atoms with Gasteiger partial charge in [0, 0.05) is 10.4 Å². The Morgan fingerprint density at radius 3 is 2.42 bits per heavy atom. The Balaban J connectivity index is 2.10. The fourth-order valence-electron chi connectivity index (χ4n) is 3.25. The minimum absolute atomic E-state index is 0.0764. The van der Waals surface area contributed by atoms with Crippen LogP contribution in [0.5, 0.6) is 0 Å². The number of aromatic amines is 1. The van der Waals surface area contributed by atoms with E-state index >= 15 is 0 Å². The molecule has 2 heterocycles. The molecule has 130 valence electrons. The molecule has 0 bridgehead atoms. The second-order valence-electron chi connectivity index (χ2n) is 6.44. The summed E-state index contributed by atoms with van der Waals surface area (Å²) < 4.78 is 2.00. The average Bonchev–Trinajstić information content (AvgIpc) is 2.94. The zero-order valence-electron chi connectivity index (χ0n) is 14.8. The molecule has 3 nitrogen and oxygen atoms in total. The van der Waals surface area contributed by atoms with Gasteiger partial charge in [-0.25, -0.2) is 0 Å². The summed E-state index contributed by atoms with van der Waals surface area (Å²) in [6, 6.07) is 15.9. The van der Waals surface area contributed by atoms with Crippen LogP contribution in [0.1, 0.15) is 16.0 Å². The van der Waals surface area contributed by atoms with Crippen molar-refractivity contribution in [2.24, 2.45) is 0 Å². The largest absolute Gasteiger partial charge is 0.323 e. The summed E-state index contributed by atoms with van der Waals surface area (Å²) in [5.41, 5.74) is 5.22. The molecule has 0 radical (unpaired) electrons. The number of thiophene rings is 1. The molecule has 2 aromatic carbocycles. The Kier molecular flexibility index (Phi) is 4.13. The Morgan fingerprint density at radius 2 is 1.73 bits per heavy atom. The van der Waals surface area contributed by atoms with Gasteiger partial charge in [-0.05, 0) is 61.8 Å². The quantitative estimate of drug-likeness (QED) is 0.454. The number of rotatable bonds is 2. The lowest BCUT2D eigenvalue weighted by atomic mass is 9.99. The van der Waals surface area contributed by atoms with E-state index in [2.05, 4.69) is 44.0 Å². The second-order valence-corrected chi connectivity index (χ2v) is 8.05. The third-order valence-electron chi connectivity index (χ3n) is 4.73. The van der Waals surface area contributed by atoms with Gasteiger partial charge >= 0.3 is 0 Å². The van der Waals surface area contributed by atoms with Crippen molar-refractivity contribution in [3.8, 4) is 16.8 Å². The zero-order valence-corrected chi connectivity index (χ0v) is 16.4. The first kappa shape index (κ1) is 16.9. The maximum atomic E-state index is 13.4. The molecule has 0 saturated carbocycles. The van der Waals surface area contributed by atoms with Crippen LogP contribution in [-0.4, -0.2) is 9.55 Å². The van der Waals surface area contributed by atoms with E-state index in [4.69, 9.17) is 12.2 Å². The summed E-state index contributed by atoms with van der Waals surface area (Å²) >= 11 is 7.05. The number of fused-ring (bicyclic) bond motifs is 1. The van der Waals surface area contributed by atoms with Crippen LogP contribution in [0.3, 0.4) is 0 Å². The summed E-state index contributed by atoms with van der Waals surface area (Å²) in [4.78, 5) is 18.6. The van der Waals surface area contributed by atoms with Crippen LogP contribution in [0, 0.1) is 25.5 Å².